The molecule has 13 aromatic rings. The third kappa shape index (κ3) is 5.08. The van der Waals surface area contributed by atoms with Gasteiger partial charge in [-0.15, -0.1) is 22.7 Å². The van der Waals surface area contributed by atoms with Gasteiger partial charge < -0.3 is 0 Å². The molecule has 0 saturated heterocycles. The Kier molecular flexibility index (Phi) is 7.31. The standard InChI is InChI=1S/C61H38S2/c1-61(2)52-26-22-41(59-45-15-7-5-13-43(45)58(44-14-6-8-16-46(44)59)40-20-19-35-11-3-4-12-36(35)29-40)32-49(52)42-25-21-38(33-53(42)61)37-23-27-55-50(30-37)51-31-39-24-28-56-60(48(39)34-57(51)63-55)47-17-9-10-18-54(47)62-56/h3-34H,1-2H3. The van der Waals surface area contributed by atoms with Gasteiger partial charge in [-0.3, -0.25) is 0 Å². The highest BCUT2D eigenvalue weighted by molar-refractivity contribution is 7.26. The Balaban J connectivity index is 0.893. The summed E-state index contributed by atoms with van der Waals surface area (Å²) in [6, 6.07) is 73.6. The first kappa shape index (κ1) is 35.5. The minimum absolute atomic E-state index is 0.140. The smallest absolute Gasteiger partial charge is 0.0362 e. The van der Waals surface area contributed by atoms with Crippen LogP contribution in [0.4, 0.5) is 0 Å². The Morgan fingerprint density at radius 1 is 0.302 bits per heavy atom. The average Bonchev–Trinajstić information content (AvgIpc) is 3.96. The molecule has 0 unspecified atom stereocenters. The van der Waals surface area contributed by atoms with Crippen LogP contribution in [0.3, 0.4) is 0 Å². The third-order valence-corrected chi connectivity index (χ3v) is 16.5. The first-order chi connectivity index (χ1) is 31.0. The maximum atomic E-state index is 2.48. The van der Waals surface area contributed by atoms with Gasteiger partial charge in [0.15, 0.2) is 0 Å². The van der Waals surface area contributed by atoms with E-state index in [0.29, 0.717) is 0 Å². The zero-order valence-corrected chi connectivity index (χ0v) is 36.4. The van der Waals surface area contributed by atoms with Crippen LogP contribution in [-0.4, -0.2) is 0 Å². The summed E-state index contributed by atoms with van der Waals surface area (Å²) in [5.41, 5.74) is 13.0. The van der Waals surface area contributed by atoms with Crippen molar-refractivity contribution in [2.45, 2.75) is 19.3 Å². The van der Waals surface area contributed by atoms with E-state index in [0.717, 1.165) is 0 Å². The fraction of sp³-hybridized carbons (Fsp3) is 0.0492. The topological polar surface area (TPSA) is 0 Å². The van der Waals surface area contributed by atoms with Crippen molar-refractivity contribution in [3.8, 4) is 44.5 Å². The molecule has 0 fully saturated rings. The van der Waals surface area contributed by atoms with Gasteiger partial charge in [-0.1, -0.05) is 153 Å². The molecule has 0 saturated carbocycles. The van der Waals surface area contributed by atoms with Gasteiger partial charge in [-0.25, -0.2) is 0 Å². The lowest BCUT2D eigenvalue weighted by Gasteiger charge is -2.22. The molecule has 63 heavy (non-hydrogen) atoms. The SMILES string of the molecule is CC1(C)c2ccc(-c3c4ccccc4c(-c4ccc5ccccc5c4)c4ccccc34)cc2-c2ccc(-c3ccc4sc5cc6c(ccc7sc8ccccc8c76)cc5c4c3)cc21. The second-order valence-corrected chi connectivity index (χ2v) is 20.1. The van der Waals surface area contributed by atoms with E-state index in [9.17, 15) is 0 Å². The van der Waals surface area contributed by atoms with E-state index in [4.69, 9.17) is 0 Å². The van der Waals surface area contributed by atoms with Crippen LogP contribution < -0.4 is 0 Å². The van der Waals surface area contributed by atoms with Crippen molar-refractivity contribution in [3.63, 3.8) is 0 Å². The molecule has 1 aliphatic rings. The van der Waals surface area contributed by atoms with Gasteiger partial charge in [0, 0.05) is 45.8 Å². The molecule has 0 radical (unpaired) electrons. The fourth-order valence-corrected chi connectivity index (χ4v) is 13.4. The molecule has 14 rings (SSSR count). The van der Waals surface area contributed by atoms with Gasteiger partial charge in [0.25, 0.3) is 0 Å². The third-order valence-electron chi connectivity index (χ3n) is 14.2. The molecule has 0 aliphatic heterocycles. The summed E-state index contributed by atoms with van der Waals surface area (Å²) in [6.07, 6.45) is 0. The maximum Gasteiger partial charge on any atom is 0.0362 e. The summed E-state index contributed by atoms with van der Waals surface area (Å²) in [5.74, 6) is 0. The van der Waals surface area contributed by atoms with Gasteiger partial charge in [-0.05, 0) is 153 Å². The lowest BCUT2D eigenvalue weighted by molar-refractivity contribution is 0.660. The zero-order chi connectivity index (χ0) is 41.6. The number of fused-ring (bicyclic) bond motifs is 14. The van der Waals surface area contributed by atoms with Gasteiger partial charge in [0.1, 0.15) is 0 Å². The number of thiophene rings is 2. The first-order valence-electron chi connectivity index (χ1n) is 21.9. The van der Waals surface area contributed by atoms with Crippen LogP contribution in [0.15, 0.2) is 194 Å². The van der Waals surface area contributed by atoms with E-state index in [1.165, 1.54) is 139 Å². The highest BCUT2D eigenvalue weighted by Crippen LogP contribution is 2.53. The molecule has 11 aromatic carbocycles. The molecule has 0 bridgehead atoms. The molecule has 0 nitrogen and oxygen atoms in total. The van der Waals surface area contributed by atoms with Gasteiger partial charge >= 0.3 is 0 Å². The largest absolute Gasteiger partial charge is 0.135 e. The summed E-state index contributed by atoms with van der Waals surface area (Å²) >= 11 is 3.81. The number of hydrogen-bond donors (Lipinski definition) is 0. The second-order valence-electron chi connectivity index (χ2n) is 18.0. The zero-order valence-electron chi connectivity index (χ0n) is 34.8. The molecular weight excluding hydrogens is 797 g/mol. The Morgan fingerprint density at radius 3 is 1.63 bits per heavy atom. The molecule has 294 valence electrons. The normalized spacial score (nSPS) is 13.4. The molecule has 2 heterocycles. The highest BCUT2D eigenvalue weighted by Gasteiger charge is 2.36. The average molecular weight is 835 g/mol. The van der Waals surface area contributed by atoms with Crippen molar-refractivity contribution in [2.75, 3.05) is 0 Å². The Bertz CT molecular complexity index is 4060. The lowest BCUT2D eigenvalue weighted by Crippen LogP contribution is -2.15. The van der Waals surface area contributed by atoms with Crippen LogP contribution in [0, 0.1) is 0 Å². The molecule has 2 heteroatoms. The van der Waals surface area contributed by atoms with Crippen molar-refractivity contribution >= 4 is 106 Å². The Labute approximate surface area is 372 Å². The van der Waals surface area contributed by atoms with Crippen molar-refractivity contribution in [2.24, 2.45) is 0 Å². The monoisotopic (exact) mass is 834 g/mol. The quantitative estimate of drug-likeness (QED) is 0.156. The van der Waals surface area contributed by atoms with Crippen LogP contribution in [0.25, 0.3) is 128 Å². The summed E-state index contributed by atoms with van der Waals surface area (Å²) in [7, 11) is 0. The van der Waals surface area contributed by atoms with E-state index in [-0.39, 0.29) is 5.41 Å². The van der Waals surface area contributed by atoms with Crippen molar-refractivity contribution < 1.29 is 0 Å². The van der Waals surface area contributed by atoms with Crippen molar-refractivity contribution in [3.05, 3.63) is 205 Å². The second kappa shape index (κ2) is 13.0. The van der Waals surface area contributed by atoms with Crippen LogP contribution in [0.2, 0.25) is 0 Å². The van der Waals surface area contributed by atoms with Crippen molar-refractivity contribution in [1.29, 1.82) is 0 Å². The summed E-state index contributed by atoms with van der Waals surface area (Å²) in [5, 5.41) is 15.7. The number of benzene rings is 11. The summed E-state index contributed by atoms with van der Waals surface area (Å²) < 4.78 is 5.40. The lowest BCUT2D eigenvalue weighted by atomic mass is 9.81. The first-order valence-corrected chi connectivity index (χ1v) is 23.5. The predicted octanol–water partition coefficient (Wildman–Crippen LogP) is 18.3. The van der Waals surface area contributed by atoms with Crippen LogP contribution >= 0.6 is 22.7 Å². The van der Waals surface area contributed by atoms with E-state index < -0.39 is 0 Å². The van der Waals surface area contributed by atoms with E-state index in [2.05, 4.69) is 208 Å². The Hall–Kier alpha value is -7.10. The maximum absolute atomic E-state index is 2.48. The number of hydrogen-bond acceptors (Lipinski definition) is 2. The van der Waals surface area contributed by atoms with Gasteiger partial charge in [0.2, 0.25) is 0 Å². The minimum atomic E-state index is -0.140. The predicted molar refractivity (Wildman–Crippen MR) is 276 cm³/mol. The molecule has 2 aromatic heterocycles. The highest BCUT2D eigenvalue weighted by atomic mass is 32.1. The molecule has 0 atom stereocenters. The van der Waals surface area contributed by atoms with E-state index >= 15 is 0 Å². The Morgan fingerprint density at radius 2 is 0.857 bits per heavy atom. The van der Waals surface area contributed by atoms with Crippen LogP contribution in [0.1, 0.15) is 25.0 Å². The van der Waals surface area contributed by atoms with Crippen LogP contribution in [-0.2, 0) is 5.41 Å². The number of rotatable bonds is 3. The fourth-order valence-electron chi connectivity index (χ4n) is 11.2. The summed E-state index contributed by atoms with van der Waals surface area (Å²) in [6.45, 7) is 4.80. The van der Waals surface area contributed by atoms with Crippen LogP contribution in [0.5, 0.6) is 0 Å². The van der Waals surface area contributed by atoms with Crippen molar-refractivity contribution in [1.82, 2.24) is 0 Å². The van der Waals surface area contributed by atoms with E-state index in [1.54, 1.807) is 0 Å². The molecule has 0 N–H and O–H groups in total. The molecule has 0 spiro atoms. The molecule has 0 amide bonds. The molecular formula is C61H38S2. The van der Waals surface area contributed by atoms with Gasteiger partial charge in [-0.2, -0.15) is 0 Å². The molecule has 1 aliphatic carbocycles. The minimum Gasteiger partial charge on any atom is -0.135 e. The van der Waals surface area contributed by atoms with Gasteiger partial charge in [0.05, 0.1) is 0 Å². The van der Waals surface area contributed by atoms with E-state index in [1.807, 2.05) is 22.7 Å². The summed E-state index contributed by atoms with van der Waals surface area (Å²) in [4.78, 5) is 0.